The zero-order chi connectivity index (χ0) is 22.5. The second-order valence-electron chi connectivity index (χ2n) is 7.43. The number of hydrogen-bond donors (Lipinski definition) is 2. The molecule has 0 saturated carbocycles. The largest absolute Gasteiger partial charge is 0.478 e. The molecule has 4 heteroatoms. The number of nitriles is 1. The van der Waals surface area contributed by atoms with E-state index in [0.717, 1.165) is 56.9 Å². The number of rotatable bonds is 6. The number of nitrogens with zero attached hydrogens (tertiary/aromatic N) is 1. The summed E-state index contributed by atoms with van der Waals surface area (Å²) >= 11 is 0. The normalized spacial score (nSPS) is 12.0. The van der Waals surface area contributed by atoms with E-state index in [-0.39, 0.29) is 0 Å². The molecule has 0 fully saturated rings. The van der Waals surface area contributed by atoms with Gasteiger partial charge in [-0.1, -0.05) is 67.6 Å². The van der Waals surface area contributed by atoms with Crippen LogP contribution in [0.3, 0.4) is 0 Å². The summed E-state index contributed by atoms with van der Waals surface area (Å²) in [7, 11) is 0. The molecule has 1 aromatic heterocycles. The van der Waals surface area contributed by atoms with Crippen LogP contribution in [0.1, 0.15) is 41.3 Å². The quantitative estimate of drug-likeness (QED) is 0.277. The van der Waals surface area contributed by atoms with Gasteiger partial charge in [0, 0.05) is 28.2 Å². The minimum absolute atomic E-state index is 0.638. The SMILES string of the molecule is CC/C(=C(/c1ccc(/C=C/C(=O)O)cc1)c1cc2ccccc2[nH]1)c1ccccc1C#N. The third-order valence-corrected chi connectivity index (χ3v) is 5.44. The third-order valence-electron chi connectivity index (χ3n) is 5.44. The van der Waals surface area contributed by atoms with Gasteiger partial charge in [0.05, 0.1) is 11.6 Å². The Labute approximate surface area is 186 Å². The molecule has 0 saturated heterocycles. The van der Waals surface area contributed by atoms with Gasteiger partial charge in [-0.05, 0) is 53.0 Å². The highest BCUT2D eigenvalue weighted by molar-refractivity contribution is 6.01. The number of aliphatic carboxylic acids is 1. The highest BCUT2D eigenvalue weighted by atomic mass is 16.4. The molecule has 2 N–H and O–H groups in total. The highest BCUT2D eigenvalue weighted by Gasteiger charge is 2.17. The van der Waals surface area contributed by atoms with E-state index >= 15 is 0 Å². The fraction of sp³-hybridized carbons (Fsp3) is 0.0714. The second-order valence-corrected chi connectivity index (χ2v) is 7.43. The number of aromatic nitrogens is 1. The molecule has 4 aromatic rings. The first-order valence-electron chi connectivity index (χ1n) is 10.4. The van der Waals surface area contributed by atoms with Crippen molar-refractivity contribution < 1.29 is 9.90 Å². The van der Waals surface area contributed by atoms with Crippen molar-refractivity contribution in [1.82, 2.24) is 4.98 Å². The first-order chi connectivity index (χ1) is 15.6. The van der Waals surface area contributed by atoms with Crippen LogP contribution in [0.2, 0.25) is 0 Å². The Balaban J connectivity index is 1.95. The van der Waals surface area contributed by atoms with E-state index in [1.165, 1.54) is 0 Å². The van der Waals surface area contributed by atoms with Crippen molar-refractivity contribution in [3.63, 3.8) is 0 Å². The maximum Gasteiger partial charge on any atom is 0.328 e. The number of para-hydroxylation sites is 1. The highest BCUT2D eigenvalue weighted by Crippen LogP contribution is 2.36. The van der Waals surface area contributed by atoms with E-state index in [4.69, 9.17) is 5.11 Å². The van der Waals surface area contributed by atoms with Gasteiger partial charge in [0.25, 0.3) is 0 Å². The predicted octanol–water partition coefficient (Wildman–Crippen LogP) is 6.51. The number of nitrogens with one attached hydrogen (secondary N) is 1. The van der Waals surface area contributed by atoms with Crippen molar-refractivity contribution in [2.45, 2.75) is 13.3 Å². The summed E-state index contributed by atoms with van der Waals surface area (Å²) in [6.45, 7) is 2.09. The molecule has 0 aliphatic rings. The monoisotopic (exact) mass is 418 g/mol. The minimum Gasteiger partial charge on any atom is -0.478 e. The van der Waals surface area contributed by atoms with Crippen LogP contribution in [0.15, 0.2) is 84.9 Å². The molecule has 0 bridgehead atoms. The number of carbonyl (C=O) groups is 1. The molecule has 3 aromatic carbocycles. The summed E-state index contributed by atoms with van der Waals surface area (Å²) in [6.07, 6.45) is 3.44. The number of fused-ring (bicyclic) bond motifs is 1. The van der Waals surface area contributed by atoms with Gasteiger partial charge < -0.3 is 10.1 Å². The average molecular weight is 418 g/mol. The van der Waals surface area contributed by atoms with E-state index in [1.54, 1.807) is 6.08 Å². The Kier molecular flexibility index (Phi) is 6.00. The molecule has 0 aliphatic carbocycles. The summed E-state index contributed by atoms with van der Waals surface area (Å²) in [5, 5.41) is 19.7. The Morgan fingerprint density at radius 1 is 1.03 bits per heavy atom. The number of hydrogen-bond acceptors (Lipinski definition) is 2. The summed E-state index contributed by atoms with van der Waals surface area (Å²) in [5.74, 6) is -0.978. The molecule has 0 unspecified atom stereocenters. The van der Waals surface area contributed by atoms with E-state index in [9.17, 15) is 10.1 Å². The van der Waals surface area contributed by atoms with E-state index in [0.29, 0.717) is 5.56 Å². The Bertz CT molecular complexity index is 1350. The average Bonchev–Trinajstić information content (AvgIpc) is 3.25. The minimum atomic E-state index is -0.978. The summed E-state index contributed by atoms with van der Waals surface area (Å²) in [4.78, 5) is 14.4. The molecule has 1 heterocycles. The zero-order valence-corrected chi connectivity index (χ0v) is 17.7. The van der Waals surface area contributed by atoms with Gasteiger partial charge in [-0.3, -0.25) is 0 Å². The number of carboxylic acids is 1. The van der Waals surface area contributed by atoms with Gasteiger partial charge in [-0.2, -0.15) is 5.26 Å². The van der Waals surface area contributed by atoms with Crippen molar-refractivity contribution in [2.75, 3.05) is 0 Å². The number of H-pyrrole nitrogens is 1. The Hall–Kier alpha value is -4.36. The molecule has 0 amide bonds. The van der Waals surface area contributed by atoms with Gasteiger partial charge in [-0.25, -0.2) is 4.79 Å². The van der Waals surface area contributed by atoms with Crippen molar-refractivity contribution >= 4 is 34.1 Å². The smallest absolute Gasteiger partial charge is 0.328 e. The van der Waals surface area contributed by atoms with Crippen LogP contribution in [-0.4, -0.2) is 16.1 Å². The predicted molar refractivity (Wildman–Crippen MR) is 129 cm³/mol. The Morgan fingerprint density at radius 2 is 1.75 bits per heavy atom. The maximum atomic E-state index is 10.8. The van der Waals surface area contributed by atoms with Gasteiger partial charge in [0.2, 0.25) is 0 Å². The lowest BCUT2D eigenvalue weighted by Crippen LogP contribution is -1.97. The van der Waals surface area contributed by atoms with Crippen LogP contribution < -0.4 is 0 Å². The molecule has 0 atom stereocenters. The van der Waals surface area contributed by atoms with Crippen molar-refractivity contribution in [1.29, 1.82) is 5.26 Å². The number of carboxylic acid groups (broad SMARTS) is 1. The molecular formula is C28H22N2O2. The third kappa shape index (κ3) is 4.23. The lowest BCUT2D eigenvalue weighted by Gasteiger charge is -2.16. The molecular weight excluding hydrogens is 396 g/mol. The molecule has 4 rings (SSSR count). The van der Waals surface area contributed by atoms with Crippen LogP contribution in [0.4, 0.5) is 0 Å². The second kappa shape index (κ2) is 9.20. The summed E-state index contributed by atoms with van der Waals surface area (Å²) in [6, 6.07) is 28.0. The van der Waals surface area contributed by atoms with E-state index < -0.39 is 5.97 Å². The number of allylic oxidation sites excluding steroid dienone is 1. The topological polar surface area (TPSA) is 76.9 Å². The summed E-state index contributed by atoms with van der Waals surface area (Å²) < 4.78 is 0. The lowest BCUT2D eigenvalue weighted by molar-refractivity contribution is -0.131. The fourth-order valence-corrected chi connectivity index (χ4v) is 3.97. The first kappa shape index (κ1) is 20.9. The standard InChI is InChI=1S/C28H22N2O2/c1-2-23(24-9-5-3-8-22(24)18-29)28(26-17-21-7-4-6-10-25(21)30-26)20-14-11-19(12-15-20)13-16-27(31)32/h3-17,30H,2H2,1H3,(H,31,32)/b16-13+,28-23+. The first-order valence-corrected chi connectivity index (χ1v) is 10.4. The molecule has 0 aliphatic heterocycles. The van der Waals surface area contributed by atoms with Crippen LogP contribution >= 0.6 is 0 Å². The van der Waals surface area contributed by atoms with Crippen LogP contribution in [0, 0.1) is 11.3 Å². The lowest BCUT2D eigenvalue weighted by atomic mass is 9.88. The Morgan fingerprint density at radius 3 is 2.44 bits per heavy atom. The van der Waals surface area contributed by atoms with Gasteiger partial charge in [-0.15, -0.1) is 0 Å². The van der Waals surface area contributed by atoms with Crippen molar-refractivity contribution in [3.8, 4) is 6.07 Å². The number of benzene rings is 3. The van der Waals surface area contributed by atoms with E-state index in [1.807, 2.05) is 66.7 Å². The molecule has 156 valence electrons. The molecule has 32 heavy (non-hydrogen) atoms. The number of aromatic amines is 1. The van der Waals surface area contributed by atoms with Crippen molar-refractivity contribution in [2.24, 2.45) is 0 Å². The van der Waals surface area contributed by atoms with Crippen LogP contribution in [-0.2, 0) is 4.79 Å². The van der Waals surface area contributed by atoms with Gasteiger partial charge in [0.1, 0.15) is 0 Å². The van der Waals surface area contributed by atoms with Crippen molar-refractivity contribution in [3.05, 3.63) is 113 Å². The molecule has 0 radical (unpaired) electrons. The van der Waals surface area contributed by atoms with Crippen LogP contribution in [0.5, 0.6) is 0 Å². The van der Waals surface area contributed by atoms with Crippen LogP contribution in [0.25, 0.3) is 28.1 Å². The van der Waals surface area contributed by atoms with E-state index in [2.05, 4.69) is 30.1 Å². The maximum absolute atomic E-state index is 10.8. The van der Waals surface area contributed by atoms with Gasteiger partial charge >= 0.3 is 5.97 Å². The molecule has 4 nitrogen and oxygen atoms in total. The summed E-state index contributed by atoms with van der Waals surface area (Å²) in [5.41, 5.74) is 7.48. The molecule has 0 spiro atoms. The van der Waals surface area contributed by atoms with Gasteiger partial charge in [0.15, 0.2) is 0 Å². The zero-order valence-electron chi connectivity index (χ0n) is 17.7. The fourth-order valence-electron chi connectivity index (χ4n) is 3.97.